The van der Waals surface area contributed by atoms with Crippen LogP contribution in [-0.4, -0.2) is 96.7 Å². The molecule has 0 rings (SSSR count). The van der Waals surface area contributed by atoms with E-state index < -0.39 is 97.5 Å². The third-order valence-corrected chi connectivity index (χ3v) is 17.9. The number of hydrogen-bond donors (Lipinski definition) is 3. The third kappa shape index (κ3) is 62.8. The zero-order valence-corrected chi connectivity index (χ0v) is 58.6. The molecule has 88 heavy (non-hydrogen) atoms. The quantitative estimate of drug-likeness (QED) is 0.0222. The number of carbonyl (C=O) groups excluding carboxylic acids is 4. The summed E-state index contributed by atoms with van der Waals surface area (Å²) < 4.78 is 68.1. The van der Waals surface area contributed by atoms with Crippen molar-refractivity contribution in [3.63, 3.8) is 0 Å². The Hall–Kier alpha value is -1.94. The van der Waals surface area contributed by atoms with Gasteiger partial charge in [0.05, 0.1) is 26.4 Å². The first-order valence-corrected chi connectivity index (χ1v) is 39.1. The average molecular weight is 1300 g/mol. The van der Waals surface area contributed by atoms with Gasteiger partial charge in [-0.15, -0.1) is 0 Å². The first-order valence-electron chi connectivity index (χ1n) is 36.1. The smallest absolute Gasteiger partial charge is 0.462 e. The Kier molecular flexibility index (Phi) is 61.1. The molecule has 19 heteroatoms. The minimum Gasteiger partial charge on any atom is -0.462 e. The van der Waals surface area contributed by atoms with Crippen molar-refractivity contribution in [2.24, 2.45) is 5.92 Å². The number of esters is 4. The molecule has 0 bridgehead atoms. The first kappa shape index (κ1) is 86.1. The Balaban J connectivity index is 5.16. The average Bonchev–Trinajstić information content (AvgIpc) is 3.50. The molecular weight excluding hydrogens is 1160 g/mol. The topological polar surface area (TPSA) is 237 Å². The summed E-state index contributed by atoms with van der Waals surface area (Å²) in [4.78, 5) is 72.3. The lowest BCUT2D eigenvalue weighted by Gasteiger charge is -2.21. The number of hydrogen-bond acceptors (Lipinski definition) is 15. The number of phosphoric ester groups is 2. The van der Waals surface area contributed by atoms with Gasteiger partial charge in [-0.05, 0) is 31.6 Å². The second-order valence-corrected chi connectivity index (χ2v) is 28.3. The number of rotatable bonds is 69. The molecule has 0 aliphatic heterocycles. The standard InChI is InChI=1S/C69H134O17P2/c1-6-9-12-15-18-20-21-22-23-24-25-26-27-28-29-35-40-45-50-55-69(74)86-65(59-80-67(72)53-48-43-38-34-31-30-33-37-41-46-51-62(4)5)61-84-88(77,78)82-57-63(70)56-81-87(75,76)83-60-64(58-79-66(71)52-47-42-36-17-14-11-8-3)85-68(73)54-49-44-39-32-19-16-13-10-7-2/h62-65,70H,6-61H2,1-5H3,(H,75,76)(H,77,78)/t63-,64+,65+/m0/s1. The van der Waals surface area contributed by atoms with Crippen molar-refractivity contribution in [3.05, 3.63) is 0 Å². The molecule has 0 amide bonds. The van der Waals surface area contributed by atoms with E-state index in [1.165, 1.54) is 167 Å². The van der Waals surface area contributed by atoms with Gasteiger partial charge in [0.15, 0.2) is 12.2 Å². The van der Waals surface area contributed by atoms with Crippen LogP contribution in [0.15, 0.2) is 0 Å². The Morgan fingerprint density at radius 2 is 0.523 bits per heavy atom. The van der Waals surface area contributed by atoms with Gasteiger partial charge in [0.2, 0.25) is 0 Å². The molecule has 2 unspecified atom stereocenters. The Morgan fingerprint density at radius 3 is 0.773 bits per heavy atom. The van der Waals surface area contributed by atoms with Crippen molar-refractivity contribution >= 4 is 39.5 Å². The molecule has 0 radical (unpaired) electrons. The van der Waals surface area contributed by atoms with Gasteiger partial charge in [-0.3, -0.25) is 37.3 Å². The minimum absolute atomic E-state index is 0.106. The fourth-order valence-electron chi connectivity index (χ4n) is 10.5. The van der Waals surface area contributed by atoms with E-state index in [2.05, 4.69) is 34.6 Å². The SMILES string of the molecule is CCCCCCCCCCCCCCCCCCCCCC(=O)O[C@H](COC(=O)CCCCCCCCCCCCC(C)C)COP(=O)(O)OC[C@@H](O)COP(=O)(O)OC[C@@H](COC(=O)CCCCCCCCC)OC(=O)CCCCCCCCCCC. The van der Waals surface area contributed by atoms with Crippen LogP contribution in [0.4, 0.5) is 0 Å². The molecular formula is C69H134O17P2. The molecule has 522 valence electrons. The molecule has 0 aromatic rings. The molecule has 0 aliphatic rings. The van der Waals surface area contributed by atoms with Gasteiger partial charge in [0.1, 0.15) is 19.3 Å². The third-order valence-electron chi connectivity index (χ3n) is 16.0. The van der Waals surface area contributed by atoms with Crippen molar-refractivity contribution in [2.75, 3.05) is 39.6 Å². The maximum Gasteiger partial charge on any atom is 0.472 e. The van der Waals surface area contributed by atoms with E-state index in [0.717, 1.165) is 109 Å². The van der Waals surface area contributed by atoms with Crippen LogP contribution < -0.4 is 0 Å². The second kappa shape index (κ2) is 62.5. The summed E-state index contributed by atoms with van der Waals surface area (Å²) in [5.41, 5.74) is 0. The fourth-order valence-corrected chi connectivity index (χ4v) is 12.0. The zero-order chi connectivity index (χ0) is 64.9. The monoisotopic (exact) mass is 1300 g/mol. The molecule has 0 saturated heterocycles. The lowest BCUT2D eigenvalue weighted by atomic mass is 10.0. The highest BCUT2D eigenvalue weighted by Gasteiger charge is 2.30. The maximum atomic E-state index is 13.0. The number of ether oxygens (including phenoxy) is 4. The number of unbranched alkanes of at least 4 members (excludes halogenated alkanes) is 41. The van der Waals surface area contributed by atoms with Gasteiger partial charge < -0.3 is 33.8 Å². The summed E-state index contributed by atoms with van der Waals surface area (Å²) in [7, 11) is -9.89. The van der Waals surface area contributed by atoms with Crippen LogP contribution in [0.2, 0.25) is 0 Å². The maximum absolute atomic E-state index is 13.0. The highest BCUT2D eigenvalue weighted by Crippen LogP contribution is 2.45. The van der Waals surface area contributed by atoms with Crippen LogP contribution >= 0.6 is 15.6 Å². The molecule has 0 aliphatic carbocycles. The molecule has 17 nitrogen and oxygen atoms in total. The van der Waals surface area contributed by atoms with E-state index in [-0.39, 0.29) is 25.7 Å². The highest BCUT2D eigenvalue weighted by molar-refractivity contribution is 7.47. The van der Waals surface area contributed by atoms with Gasteiger partial charge in [-0.25, -0.2) is 9.13 Å². The van der Waals surface area contributed by atoms with Crippen molar-refractivity contribution < 1.29 is 80.2 Å². The minimum atomic E-state index is -4.95. The van der Waals surface area contributed by atoms with E-state index >= 15 is 0 Å². The van der Waals surface area contributed by atoms with E-state index in [9.17, 15) is 43.2 Å². The Morgan fingerprint density at radius 1 is 0.307 bits per heavy atom. The number of aliphatic hydroxyl groups is 1. The van der Waals surface area contributed by atoms with Crippen LogP contribution in [0.5, 0.6) is 0 Å². The summed E-state index contributed by atoms with van der Waals surface area (Å²) >= 11 is 0. The summed E-state index contributed by atoms with van der Waals surface area (Å²) in [5.74, 6) is -1.37. The molecule has 0 fully saturated rings. The summed E-state index contributed by atoms with van der Waals surface area (Å²) in [5, 5.41) is 10.6. The van der Waals surface area contributed by atoms with Crippen LogP contribution in [0, 0.1) is 5.92 Å². The zero-order valence-electron chi connectivity index (χ0n) is 56.9. The lowest BCUT2D eigenvalue weighted by molar-refractivity contribution is -0.161. The van der Waals surface area contributed by atoms with Crippen LogP contribution in [0.25, 0.3) is 0 Å². The molecule has 0 saturated carbocycles. The van der Waals surface area contributed by atoms with E-state index in [1.54, 1.807) is 0 Å². The van der Waals surface area contributed by atoms with E-state index in [4.69, 9.17) is 37.0 Å². The molecule has 0 heterocycles. The molecule has 5 atom stereocenters. The predicted octanol–water partition coefficient (Wildman–Crippen LogP) is 19.7. The second-order valence-electron chi connectivity index (χ2n) is 25.4. The molecule has 3 N–H and O–H groups in total. The summed E-state index contributed by atoms with van der Waals surface area (Å²) in [6.45, 7) is 7.17. The van der Waals surface area contributed by atoms with Gasteiger partial charge in [-0.2, -0.15) is 0 Å². The first-order chi connectivity index (χ1) is 42.5. The van der Waals surface area contributed by atoms with Gasteiger partial charge in [0, 0.05) is 25.7 Å². The Bertz CT molecular complexity index is 1700. The van der Waals surface area contributed by atoms with E-state index in [1.807, 2.05) is 0 Å². The van der Waals surface area contributed by atoms with Crippen LogP contribution in [-0.2, 0) is 65.4 Å². The number of phosphoric acid groups is 2. The van der Waals surface area contributed by atoms with Crippen molar-refractivity contribution in [2.45, 2.75) is 374 Å². The van der Waals surface area contributed by atoms with Gasteiger partial charge in [-0.1, -0.05) is 304 Å². The largest absolute Gasteiger partial charge is 0.472 e. The molecule has 0 spiro atoms. The summed E-state index contributed by atoms with van der Waals surface area (Å²) in [6.07, 6.45) is 48.8. The van der Waals surface area contributed by atoms with E-state index in [0.29, 0.717) is 25.7 Å². The predicted molar refractivity (Wildman–Crippen MR) is 354 cm³/mol. The normalized spacial score (nSPS) is 14.1. The van der Waals surface area contributed by atoms with Gasteiger partial charge in [0.25, 0.3) is 0 Å². The van der Waals surface area contributed by atoms with Crippen molar-refractivity contribution in [1.82, 2.24) is 0 Å². The molecule has 0 aromatic heterocycles. The summed E-state index contributed by atoms with van der Waals surface area (Å²) in [6, 6.07) is 0. The Labute approximate surface area is 537 Å². The van der Waals surface area contributed by atoms with Gasteiger partial charge >= 0.3 is 39.5 Å². The van der Waals surface area contributed by atoms with Crippen LogP contribution in [0.1, 0.15) is 356 Å². The number of aliphatic hydroxyl groups excluding tert-OH is 1. The molecule has 0 aromatic carbocycles. The lowest BCUT2D eigenvalue weighted by Crippen LogP contribution is -2.30. The number of carbonyl (C=O) groups is 4. The highest BCUT2D eigenvalue weighted by atomic mass is 31.2. The fraction of sp³-hybridized carbons (Fsp3) is 0.942. The van der Waals surface area contributed by atoms with Crippen molar-refractivity contribution in [1.29, 1.82) is 0 Å². The van der Waals surface area contributed by atoms with Crippen molar-refractivity contribution in [3.8, 4) is 0 Å². The van der Waals surface area contributed by atoms with Crippen LogP contribution in [0.3, 0.4) is 0 Å².